The predicted octanol–water partition coefficient (Wildman–Crippen LogP) is 11.7. The largest absolute Gasteiger partial charge is 0.459 e. The maximum Gasteiger partial charge on any atom is 0.338 e. The summed E-state index contributed by atoms with van der Waals surface area (Å²) in [4.78, 5) is 114. The Morgan fingerprint density at radius 2 is 0.684 bits per heavy atom. The molecule has 98 heavy (non-hydrogen) atoms. The monoisotopic (exact) mass is 1350 g/mol. The number of para-hydroxylation sites is 2. The van der Waals surface area contributed by atoms with E-state index in [1.54, 1.807) is 132 Å². The number of rotatable bonds is 21. The molecule has 0 radical (unpaired) electrons. The zero-order valence-corrected chi connectivity index (χ0v) is 53.8. The normalized spacial score (nSPS) is 20.7. The van der Waals surface area contributed by atoms with Crippen LogP contribution >= 0.6 is 20.7 Å². The zero-order valence-electron chi connectivity index (χ0n) is 52.2. The van der Waals surface area contributed by atoms with E-state index in [-0.39, 0.29) is 43.7 Å². The van der Waals surface area contributed by atoms with Gasteiger partial charge in [0.25, 0.3) is 0 Å². The molecule has 0 unspecified atom stereocenters. The number of carbonyl (C=O) groups excluding carboxylic acids is 7. The number of aromatic nitrogens is 1. The van der Waals surface area contributed by atoms with Crippen molar-refractivity contribution in [3.63, 3.8) is 0 Å². The third kappa shape index (κ3) is 16.3. The minimum atomic E-state index is -2.11. The van der Waals surface area contributed by atoms with Crippen molar-refractivity contribution < 1.29 is 80.9 Å². The molecule has 10 aromatic rings. The minimum Gasteiger partial charge on any atom is -0.459 e. The average Bonchev–Trinajstić information content (AvgIpc) is 0.965. The van der Waals surface area contributed by atoms with Crippen LogP contribution in [0, 0.1) is 6.92 Å². The molecule has 0 spiro atoms. The fourth-order valence-electron chi connectivity index (χ4n) is 10.8. The van der Waals surface area contributed by atoms with E-state index in [0.717, 1.165) is 5.56 Å². The average molecular weight is 1350 g/mol. The molecule has 2 aliphatic heterocycles. The van der Waals surface area contributed by atoms with Crippen LogP contribution in [0.1, 0.15) is 78.1 Å². The topological polar surface area (TPSA) is 241 Å². The highest BCUT2D eigenvalue weighted by Gasteiger charge is 2.58. The lowest BCUT2D eigenvalue weighted by atomic mass is 9.95. The highest BCUT2D eigenvalue weighted by atomic mass is 32.9. The summed E-state index contributed by atoms with van der Waals surface area (Å²) >= 11 is 0. The summed E-state index contributed by atoms with van der Waals surface area (Å²) in [5, 5.41) is 0. The van der Waals surface area contributed by atoms with E-state index in [2.05, 4.69) is 0 Å². The molecule has 20 nitrogen and oxygen atoms in total. The molecule has 0 saturated carbocycles. The SMILES string of the molecule is Cc1ccccc1-n1c(=Nc2ccccc2)ss/c1=N/[C@@H]1O[C@H](COC(=O)c2ccccc2)[C@@H](O[C@@H]2O[C@H](COC(=O)c3ccccc3)[C@H](OC(=O)c3ccccc3)[C@H](OC(=O)c3ccccc3)[C@H]2OC(=O)c2ccccc2)[C@H](OC(=O)c2ccccc2)[C@H]1OC(=O)c1ccccc1. The number of esters is 7. The minimum absolute atomic E-state index is 0.00709. The van der Waals surface area contributed by atoms with Gasteiger partial charge in [-0.2, -0.15) is 0 Å². The lowest BCUT2D eigenvalue weighted by Gasteiger charge is -2.48. The number of hydrogen-bond acceptors (Lipinski definition) is 21. The fourth-order valence-corrected chi connectivity index (χ4v) is 13.0. The van der Waals surface area contributed by atoms with Gasteiger partial charge in [0.1, 0.15) is 31.5 Å². The van der Waals surface area contributed by atoms with Crippen molar-refractivity contribution in [2.45, 2.75) is 68.3 Å². The first-order valence-corrected chi connectivity index (χ1v) is 33.2. The van der Waals surface area contributed by atoms with E-state index < -0.39 is 116 Å². The molecule has 0 amide bonds. The smallest absolute Gasteiger partial charge is 0.338 e. The van der Waals surface area contributed by atoms with E-state index in [1.165, 1.54) is 106 Å². The van der Waals surface area contributed by atoms with Gasteiger partial charge >= 0.3 is 41.8 Å². The molecular weight excluding hydrogens is 1290 g/mol. The lowest BCUT2D eigenvalue weighted by molar-refractivity contribution is -0.338. The van der Waals surface area contributed by atoms with Crippen molar-refractivity contribution in [1.29, 1.82) is 0 Å². The van der Waals surface area contributed by atoms with Crippen molar-refractivity contribution in [2.75, 3.05) is 13.2 Å². The Hall–Kier alpha value is -11.3. The molecule has 1 aromatic heterocycles. The van der Waals surface area contributed by atoms with Gasteiger partial charge in [0.05, 0.1) is 50.3 Å². The highest BCUT2D eigenvalue weighted by molar-refractivity contribution is 7.67. The Morgan fingerprint density at radius 1 is 0.357 bits per heavy atom. The molecular formula is C76H61N3O17S2. The van der Waals surface area contributed by atoms with E-state index in [0.29, 0.717) is 16.2 Å². The zero-order chi connectivity index (χ0) is 67.7. The van der Waals surface area contributed by atoms with Crippen LogP contribution in [-0.2, 0) is 47.4 Å². The van der Waals surface area contributed by atoms with Crippen LogP contribution in [0.15, 0.2) is 277 Å². The summed E-state index contributed by atoms with van der Waals surface area (Å²) in [6, 6.07) is 72.0. The van der Waals surface area contributed by atoms with E-state index in [1.807, 2.05) is 61.5 Å². The van der Waals surface area contributed by atoms with Gasteiger partial charge in [-0.15, -0.1) is 0 Å². The molecule has 22 heteroatoms. The highest BCUT2D eigenvalue weighted by Crippen LogP contribution is 2.38. The Morgan fingerprint density at radius 3 is 1.10 bits per heavy atom. The Balaban J connectivity index is 1.06. The van der Waals surface area contributed by atoms with E-state index in [4.69, 9.17) is 57.4 Å². The molecule has 494 valence electrons. The van der Waals surface area contributed by atoms with Gasteiger partial charge < -0.3 is 47.4 Å². The number of benzene rings is 9. The summed E-state index contributed by atoms with van der Waals surface area (Å²) in [6.07, 6.45) is -18.6. The van der Waals surface area contributed by atoms with Crippen LogP contribution in [0.2, 0.25) is 0 Å². The molecule has 3 heterocycles. The molecule has 10 atom stereocenters. The summed E-state index contributed by atoms with van der Waals surface area (Å²) in [7, 11) is 2.48. The first kappa shape index (κ1) is 66.7. The van der Waals surface area contributed by atoms with E-state index in [9.17, 15) is 28.8 Å². The number of hydrogen-bond donors (Lipinski definition) is 0. The maximum atomic E-state index is 15.1. The Kier molecular flexibility index (Phi) is 21.8. The van der Waals surface area contributed by atoms with Crippen LogP contribution in [0.5, 0.6) is 0 Å². The van der Waals surface area contributed by atoms with Gasteiger partial charge in [0.15, 0.2) is 43.0 Å². The second-order valence-electron chi connectivity index (χ2n) is 22.2. The number of ether oxygens (including phenoxy) is 10. The van der Waals surface area contributed by atoms with Gasteiger partial charge in [0.2, 0.25) is 9.60 Å². The van der Waals surface area contributed by atoms with Crippen LogP contribution in [0.25, 0.3) is 5.69 Å². The Labute approximate surface area is 568 Å². The number of aryl methyl sites for hydroxylation is 1. The lowest BCUT2D eigenvalue weighted by Crippen LogP contribution is -2.67. The van der Waals surface area contributed by atoms with Crippen LogP contribution in [0.4, 0.5) is 5.69 Å². The van der Waals surface area contributed by atoms with Gasteiger partial charge in [-0.3, -0.25) is 4.57 Å². The molecule has 0 bridgehead atoms. The van der Waals surface area contributed by atoms with Crippen LogP contribution < -0.4 is 9.60 Å². The van der Waals surface area contributed by atoms with Crippen molar-refractivity contribution in [2.24, 2.45) is 9.98 Å². The molecule has 0 N–H and O–H groups in total. The van der Waals surface area contributed by atoms with Gasteiger partial charge in [-0.05, 0) is 136 Å². The van der Waals surface area contributed by atoms with Gasteiger partial charge in [0, 0.05) is 0 Å². The molecule has 9 aromatic carbocycles. The molecule has 2 aliphatic rings. The molecule has 0 aliphatic carbocycles. The van der Waals surface area contributed by atoms with Crippen molar-refractivity contribution in [3.05, 3.63) is 321 Å². The first-order valence-electron chi connectivity index (χ1n) is 31.0. The second-order valence-corrected chi connectivity index (χ2v) is 24.3. The number of nitrogens with zero attached hydrogens (tertiary/aromatic N) is 3. The van der Waals surface area contributed by atoms with Crippen LogP contribution in [0.3, 0.4) is 0 Å². The predicted molar refractivity (Wildman–Crippen MR) is 357 cm³/mol. The Bertz CT molecular complexity index is 4530. The summed E-state index contributed by atoms with van der Waals surface area (Å²) < 4.78 is 67.7. The molecule has 2 saturated heterocycles. The fraction of sp³-hybridized carbons (Fsp3) is 0.171. The first-order chi connectivity index (χ1) is 47.9. The van der Waals surface area contributed by atoms with E-state index >= 15 is 4.79 Å². The van der Waals surface area contributed by atoms with Gasteiger partial charge in [-0.1, -0.05) is 164 Å². The quantitative estimate of drug-likeness (QED) is 0.0369. The third-order valence-electron chi connectivity index (χ3n) is 15.7. The van der Waals surface area contributed by atoms with Crippen molar-refractivity contribution in [3.8, 4) is 5.69 Å². The second kappa shape index (κ2) is 32.0. The van der Waals surface area contributed by atoms with Gasteiger partial charge in [-0.25, -0.2) is 43.5 Å². The number of carbonyl (C=O) groups is 7. The van der Waals surface area contributed by atoms with Crippen molar-refractivity contribution >= 4 is 68.2 Å². The summed E-state index contributed by atoms with van der Waals surface area (Å²) in [5.41, 5.74) is 2.49. The standard InChI is InChI=1S/C76H61N3O17S2/c1-48-28-26-27-45-57(48)79-75(77-56-43-24-9-25-44-56)97-98-76(79)78-66-64(94-72(85)54-39-20-7-21-40-54)62(92-70(83)52-35-16-5-17-36-52)61(58(89-66)46-87-67(80)49-29-10-2-11-30-49)96-74-65(95-73(86)55-41-22-8-23-42-55)63(93-71(84)53-37-18-6-19-38-53)60(91-69(82)51-33-14-4-15-34-51)59(90-74)47-88-68(81)50-31-12-3-13-32-50/h2-45,58-66,74H,46-47H2,1H3/b77-75?,78-76+/t58-,59-,60+,61-,62+,63+,64-,65-,66-,74+/m1/s1. The molecule has 12 rings (SSSR count). The third-order valence-corrected chi connectivity index (χ3v) is 17.8. The summed E-state index contributed by atoms with van der Waals surface area (Å²) in [5.74, 6) is -6.59. The molecule has 2 fully saturated rings. The van der Waals surface area contributed by atoms with Crippen LogP contribution in [-0.4, -0.2) is 121 Å². The summed E-state index contributed by atoms with van der Waals surface area (Å²) in [6.45, 7) is 0.425. The maximum absolute atomic E-state index is 15.1. The van der Waals surface area contributed by atoms with Crippen molar-refractivity contribution in [1.82, 2.24) is 4.57 Å².